The van der Waals surface area contributed by atoms with Crippen LogP contribution in [0.3, 0.4) is 0 Å². The van der Waals surface area contributed by atoms with Crippen LogP contribution in [0.2, 0.25) is 0 Å². The molecule has 0 aromatic heterocycles. The van der Waals surface area contributed by atoms with E-state index in [4.69, 9.17) is 5.41 Å². The third-order valence-electron chi connectivity index (χ3n) is 2.39. The standard InChI is InChI=1S/C10H10BrN3O/c1-14-8(9(12)13-10(14)15)6-3-2-4-7(11)5-6/h2-5,8H,1H3,(H2,12,13,15). The van der Waals surface area contributed by atoms with Gasteiger partial charge in [-0.1, -0.05) is 28.1 Å². The molecule has 1 heterocycles. The molecule has 2 N–H and O–H groups in total. The van der Waals surface area contributed by atoms with Crippen LogP contribution in [0.5, 0.6) is 0 Å². The van der Waals surface area contributed by atoms with E-state index in [2.05, 4.69) is 21.2 Å². The van der Waals surface area contributed by atoms with Gasteiger partial charge in [0.15, 0.2) is 0 Å². The zero-order chi connectivity index (χ0) is 11.0. The van der Waals surface area contributed by atoms with Gasteiger partial charge in [0.05, 0.1) is 0 Å². The van der Waals surface area contributed by atoms with E-state index >= 15 is 0 Å². The molecular weight excluding hydrogens is 258 g/mol. The molecule has 1 aliphatic rings. The molecule has 2 rings (SSSR count). The van der Waals surface area contributed by atoms with Crippen molar-refractivity contribution in [2.24, 2.45) is 0 Å². The normalized spacial score (nSPS) is 20.7. The molecule has 0 aliphatic carbocycles. The highest BCUT2D eigenvalue weighted by Gasteiger charge is 2.33. The second-order valence-corrected chi connectivity index (χ2v) is 4.33. The van der Waals surface area contributed by atoms with Gasteiger partial charge in [0, 0.05) is 11.5 Å². The van der Waals surface area contributed by atoms with Crippen molar-refractivity contribution in [2.45, 2.75) is 6.04 Å². The summed E-state index contributed by atoms with van der Waals surface area (Å²) in [6, 6.07) is 7.09. The maximum Gasteiger partial charge on any atom is 0.323 e. The summed E-state index contributed by atoms with van der Waals surface area (Å²) in [7, 11) is 1.68. The lowest BCUT2D eigenvalue weighted by atomic mass is 10.1. The number of amides is 2. The number of carbonyl (C=O) groups excluding carboxylic acids is 1. The Hall–Kier alpha value is -1.36. The van der Waals surface area contributed by atoms with Crippen LogP contribution in [0, 0.1) is 5.41 Å². The van der Waals surface area contributed by atoms with Crippen molar-refractivity contribution in [2.75, 3.05) is 7.05 Å². The summed E-state index contributed by atoms with van der Waals surface area (Å²) in [5, 5.41) is 10.2. The molecule has 1 aromatic rings. The number of urea groups is 1. The largest absolute Gasteiger partial charge is 0.323 e. The molecule has 1 unspecified atom stereocenters. The first-order valence-electron chi connectivity index (χ1n) is 4.47. The lowest BCUT2D eigenvalue weighted by molar-refractivity contribution is 0.217. The SMILES string of the molecule is CN1C(=O)NC(=N)C1c1cccc(Br)c1. The smallest absolute Gasteiger partial charge is 0.313 e. The predicted octanol–water partition coefficient (Wildman–Crippen LogP) is 2.12. The second-order valence-electron chi connectivity index (χ2n) is 3.41. The summed E-state index contributed by atoms with van der Waals surface area (Å²) in [6.07, 6.45) is 0. The lowest BCUT2D eigenvalue weighted by Crippen LogP contribution is -2.25. The van der Waals surface area contributed by atoms with Crippen LogP contribution in [-0.2, 0) is 0 Å². The van der Waals surface area contributed by atoms with Crippen LogP contribution in [0.4, 0.5) is 4.79 Å². The zero-order valence-electron chi connectivity index (χ0n) is 8.12. The van der Waals surface area contributed by atoms with Crippen molar-refractivity contribution in [1.29, 1.82) is 5.41 Å². The van der Waals surface area contributed by atoms with E-state index in [0.717, 1.165) is 10.0 Å². The first-order chi connectivity index (χ1) is 7.09. The minimum atomic E-state index is -0.296. The van der Waals surface area contributed by atoms with E-state index < -0.39 is 0 Å². The predicted molar refractivity (Wildman–Crippen MR) is 60.9 cm³/mol. The van der Waals surface area contributed by atoms with Crippen LogP contribution >= 0.6 is 15.9 Å². The highest BCUT2D eigenvalue weighted by molar-refractivity contribution is 9.10. The molecule has 0 radical (unpaired) electrons. The second kappa shape index (κ2) is 3.66. The van der Waals surface area contributed by atoms with Gasteiger partial charge >= 0.3 is 6.03 Å². The van der Waals surface area contributed by atoms with Crippen molar-refractivity contribution >= 4 is 27.8 Å². The molecule has 1 saturated heterocycles. The number of halogens is 1. The molecule has 5 heteroatoms. The fourth-order valence-electron chi connectivity index (χ4n) is 1.65. The van der Waals surface area contributed by atoms with E-state index in [1.54, 1.807) is 7.05 Å². The third-order valence-corrected chi connectivity index (χ3v) is 2.88. The highest BCUT2D eigenvalue weighted by atomic mass is 79.9. The molecular formula is C10H10BrN3O. The number of hydrogen-bond donors (Lipinski definition) is 2. The molecule has 2 amide bonds. The van der Waals surface area contributed by atoms with Crippen molar-refractivity contribution in [3.8, 4) is 0 Å². The number of amidine groups is 1. The average Bonchev–Trinajstić information content (AvgIpc) is 2.41. The molecule has 78 valence electrons. The molecule has 1 atom stereocenters. The van der Waals surface area contributed by atoms with Gasteiger partial charge in [0.25, 0.3) is 0 Å². The summed E-state index contributed by atoms with van der Waals surface area (Å²) in [5.41, 5.74) is 0.926. The zero-order valence-corrected chi connectivity index (χ0v) is 9.71. The molecule has 15 heavy (non-hydrogen) atoms. The maximum atomic E-state index is 11.3. The van der Waals surface area contributed by atoms with Gasteiger partial charge in [0.1, 0.15) is 11.9 Å². The first kappa shape index (κ1) is 10.2. The van der Waals surface area contributed by atoms with Crippen molar-refractivity contribution < 1.29 is 4.79 Å². The molecule has 1 aliphatic heterocycles. The Morgan fingerprint density at radius 1 is 1.53 bits per heavy atom. The van der Waals surface area contributed by atoms with Crippen molar-refractivity contribution in [3.63, 3.8) is 0 Å². The van der Waals surface area contributed by atoms with Crippen LogP contribution in [0.25, 0.3) is 0 Å². The number of nitrogens with zero attached hydrogens (tertiary/aromatic N) is 1. The quantitative estimate of drug-likeness (QED) is 0.805. The Kier molecular flexibility index (Phi) is 2.48. The summed E-state index contributed by atoms with van der Waals surface area (Å²) in [4.78, 5) is 12.8. The number of nitrogens with one attached hydrogen (secondary N) is 2. The van der Waals surface area contributed by atoms with Gasteiger partial charge in [-0.2, -0.15) is 0 Å². The molecule has 4 nitrogen and oxygen atoms in total. The number of hydrogen-bond acceptors (Lipinski definition) is 2. The fraction of sp³-hybridized carbons (Fsp3) is 0.200. The Morgan fingerprint density at radius 2 is 2.27 bits per heavy atom. The number of carbonyl (C=O) groups is 1. The van der Waals surface area contributed by atoms with E-state index in [1.807, 2.05) is 24.3 Å². The highest BCUT2D eigenvalue weighted by Crippen LogP contribution is 2.26. The van der Waals surface area contributed by atoms with Gasteiger partial charge in [-0.15, -0.1) is 0 Å². The summed E-state index contributed by atoms with van der Waals surface area (Å²) < 4.78 is 0.945. The number of likely N-dealkylation sites (N-methyl/N-ethyl adjacent to an activating group) is 1. The minimum Gasteiger partial charge on any atom is -0.313 e. The first-order valence-corrected chi connectivity index (χ1v) is 5.26. The van der Waals surface area contributed by atoms with Gasteiger partial charge in [-0.25, -0.2) is 4.79 Å². The monoisotopic (exact) mass is 267 g/mol. The van der Waals surface area contributed by atoms with Crippen molar-refractivity contribution in [3.05, 3.63) is 34.3 Å². The Morgan fingerprint density at radius 3 is 2.80 bits per heavy atom. The van der Waals surface area contributed by atoms with E-state index in [9.17, 15) is 4.79 Å². The van der Waals surface area contributed by atoms with Gasteiger partial charge < -0.3 is 4.90 Å². The molecule has 0 saturated carbocycles. The average molecular weight is 268 g/mol. The van der Waals surface area contributed by atoms with E-state index in [1.165, 1.54) is 4.90 Å². The van der Waals surface area contributed by atoms with Crippen molar-refractivity contribution in [1.82, 2.24) is 10.2 Å². The van der Waals surface area contributed by atoms with Gasteiger partial charge in [-0.3, -0.25) is 10.7 Å². The van der Waals surface area contributed by atoms with E-state index in [-0.39, 0.29) is 17.9 Å². The van der Waals surface area contributed by atoms with Crippen LogP contribution in [-0.4, -0.2) is 23.8 Å². The summed E-state index contributed by atoms with van der Waals surface area (Å²) in [5.74, 6) is 0.223. The molecule has 0 spiro atoms. The summed E-state index contributed by atoms with van der Waals surface area (Å²) in [6.45, 7) is 0. The van der Waals surface area contributed by atoms with Crippen LogP contribution in [0.1, 0.15) is 11.6 Å². The van der Waals surface area contributed by atoms with Gasteiger partial charge in [0.2, 0.25) is 0 Å². The Balaban J connectivity index is 2.39. The topological polar surface area (TPSA) is 56.2 Å². The minimum absolute atomic E-state index is 0.223. The number of benzene rings is 1. The molecule has 1 aromatic carbocycles. The Labute approximate surface area is 95.9 Å². The lowest BCUT2D eigenvalue weighted by Gasteiger charge is -2.17. The molecule has 0 bridgehead atoms. The Bertz CT molecular complexity index is 432. The molecule has 1 fully saturated rings. The number of rotatable bonds is 1. The third kappa shape index (κ3) is 1.74. The van der Waals surface area contributed by atoms with Crippen LogP contribution < -0.4 is 5.32 Å². The van der Waals surface area contributed by atoms with E-state index in [0.29, 0.717) is 0 Å². The summed E-state index contributed by atoms with van der Waals surface area (Å²) >= 11 is 3.37. The van der Waals surface area contributed by atoms with Gasteiger partial charge in [-0.05, 0) is 17.7 Å². The maximum absolute atomic E-state index is 11.3. The van der Waals surface area contributed by atoms with Crippen LogP contribution in [0.15, 0.2) is 28.7 Å². The fourth-order valence-corrected chi connectivity index (χ4v) is 2.07.